The van der Waals surface area contributed by atoms with Crippen LogP contribution in [0.25, 0.3) is 11.0 Å². The van der Waals surface area contributed by atoms with Gasteiger partial charge in [-0.05, 0) is 59.9 Å². The minimum absolute atomic E-state index is 0.212. The highest BCUT2D eigenvalue weighted by atomic mass is 32.2. The molecule has 196 valence electrons. The SMILES string of the molecule is Cn1c(COc2ccc(CC3SC(=O)NC3=O)cc2)nc2ccc(Oc3ccc(O)c(C(C)(C)C)c3)cc21. The monoisotopic (exact) mass is 531 g/mol. The molecule has 1 aromatic heterocycles. The molecule has 0 spiro atoms. The van der Waals surface area contributed by atoms with E-state index >= 15 is 0 Å². The second kappa shape index (κ2) is 10.1. The van der Waals surface area contributed by atoms with E-state index < -0.39 is 5.25 Å². The Morgan fingerprint density at radius 3 is 2.37 bits per heavy atom. The highest BCUT2D eigenvalue weighted by Gasteiger charge is 2.31. The second-order valence-electron chi connectivity index (χ2n) is 10.3. The number of benzene rings is 3. The molecular weight excluding hydrogens is 502 g/mol. The number of phenols is 1. The summed E-state index contributed by atoms with van der Waals surface area (Å²) in [4.78, 5) is 27.9. The van der Waals surface area contributed by atoms with Crippen LogP contribution in [0.5, 0.6) is 23.0 Å². The summed E-state index contributed by atoms with van der Waals surface area (Å²) in [7, 11) is 1.94. The number of imidazole rings is 1. The maximum Gasteiger partial charge on any atom is 0.286 e. The number of aromatic hydroxyl groups is 1. The quantitative estimate of drug-likeness (QED) is 0.309. The van der Waals surface area contributed by atoms with E-state index in [1.54, 1.807) is 12.1 Å². The average molecular weight is 532 g/mol. The van der Waals surface area contributed by atoms with Crippen molar-refractivity contribution in [2.45, 2.75) is 44.5 Å². The number of rotatable bonds is 7. The van der Waals surface area contributed by atoms with Gasteiger partial charge in [0, 0.05) is 18.7 Å². The first kappa shape index (κ1) is 25.7. The maximum atomic E-state index is 11.8. The third kappa shape index (κ3) is 5.47. The van der Waals surface area contributed by atoms with Gasteiger partial charge in [0.25, 0.3) is 5.24 Å². The fourth-order valence-corrected chi connectivity index (χ4v) is 5.20. The zero-order chi connectivity index (χ0) is 27.0. The van der Waals surface area contributed by atoms with Crippen LogP contribution in [0, 0.1) is 0 Å². The normalized spacial score (nSPS) is 15.6. The average Bonchev–Trinajstić information content (AvgIpc) is 3.36. The molecular formula is C29H29N3O5S. The number of aromatic nitrogens is 2. The van der Waals surface area contributed by atoms with E-state index in [9.17, 15) is 14.7 Å². The van der Waals surface area contributed by atoms with Crippen molar-refractivity contribution >= 4 is 33.9 Å². The van der Waals surface area contributed by atoms with Crippen LogP contribution in [0.1, 0.15) is 37.7 Å². The van der Waals surface area contributed by atoms with Gasteiger partial charge < -0.3 is 19.1 Å². The lowest BCUT2D eigenvalue weighted by molar-refractivity contribution is -0.118. The summed E-state index contributed by atoms with van der Waals surface area (Å²) in [6.45, 7) is 6.42. The number of ether oxygens (including phenoxy) is 2. The van der Waals surface area contributed by atoms with Gasteiger partial charge in [-0.2, -0.15) is 0 Å². The minimum Gasteiger partial charge on any atom is -0.508 e. The molecule has 5 rings (SSSR count). The summed E-state index contributed by atoms with van der Waals surface area (Å²) in [5.74, 6) is 2.78. The molecule has 0 bridgehead atoms. The fourth-order valence-electron chi connectivity index (χ4n) is 4.34. The van der Waals surface area contributed by atoms with Gasteiger partial charge in [-0.3, -0.25) is 14.9 Å². The molecule has 0 aliphatic carbocycles. The first-order valence-electron chi connectivity index (χ1n) is 12.3. The third-order valence-electron chi connectivity index (χ3n) is 6.44. The highest BCUT2D eigenvalue weighted by molar-refractivity contribution is 8.15. The Labute approximate surface area is 225 Å². The van der Waals surface area contributed by atoms with Crippen LogP contribution in [0.15, 0.2) is 60.7 Å². The van der Waals surface area contributed by atoms with Gasteiger partial charge in [-0.1, -0.05) is 44.7 Å². The summed E-state index contributed by atoms with van der Waals surface area (Å²) in [6.07, 6.45) is 0.485. The van der Waals surface area contributed by atoms with E-state index in [2.05, 4.69) is 5.32 Å². The number of imide groups is 1. The van der Waals surface area contributed by atoms with E-state index in [1.807, 2.05) is 80.9 Å². The maximum absolute atomic E-state index is 11.8. The van der Waals surface area contributed by atoms with Crippen molar-refractivity contribution in [3.63, 3.8) is 0 Å². The zero-order valence-corrected chi connectivity index (χ0v) is 22.5. The number of amides is 2. The van der Waals surface area contributed by atoms with Crippen LogP contribution in [0.4, 0.5) is 4.79 Å². The molecule has 0 saturated carbocycles. The Hall–Kier alpha value is -3.98. The fraction of sp³-hybridized carbons (Fsp3) is 0.276. The lowest BCUT2D eigenvalue weighted by atomic mass is 9.86. The lowest BCUT2D eigenvalue weighted by Crippen LogP contribution is -2.25. The van der Waals surface area contributed by atoms with Crippen molar-refractivity contribution in [3.8, 4) is 23.0 Å². The first-order valence-corrected chi connectivity index (χ1v) is 13.1. The molecule has 4 aromatic rings. The number of hydrogen-bond acceptors (Lipinski definition) is 7. The molecule has 2 heterocycles. The van der Waals surface area contributed by atoms with Crippen molar-refractivity contribution in [3.05, 3.63) is 77.6 Å². The van der Waals surface area contributed by atoms with Gasteiger partial charge in [0.2, 0.25) is 5.91 Å². The van der Waals surface area contributed by atoms with Gasteiger partial charge in [0.05, 0.1) is 16.3 Å². The standard InChI is InChI=1S/C29H29N3O5S/c1-29(2,3)21-14-19(10-12-24(21)33)37-20-9-11-22-23(15-20)32(4)26(30-22)16-36-18-7-5-17(6-8-18)13-25-27(34)31-28(35)38-25/h5-12,14-15,25,33H,13,16H2,1-4H3,(H,31,34,35). The topological polar surface area (TPSA) is 103 Å². The van der Waals surface area contributed by atoms with Crippen LogP contribution in [-0.4, -0.2) is 31.1 Å². The lowest BCUT2D eigenvalue weighted by Gasteiger charge is -2.21. The van der Waals surface area contributed by atoms with Crippen LogP contribution >= 0.6 is 11.8 Å². The summed E-state index contributed by atoms with van der Waals surface area (Å²) in [6, 6.07) is 18.5. The number of carbonyl (C=O) groups excluding carboxylic acids is 2. The molecule has 8 nitrogen and oxygen atoms in total. The van der Waals surface area contributed by atoms with Gasteiger partial charge in [-0.25, -0.2) is 4.98 Å². The Morgan fingerprint density at radius 1 is 1.00 bits per heavy atom. The summed E-state index contributed by atoms with van der Waals surface area (Å²) < 4.78 is 14.1. The number of phenolic OH excluding ortho intramolecular Hbond substituents is 1. The Morgan fingerprint density at radius 2 is 1.68 bits per heavy atom. The summed E-state index contributed by atoms with van der Waals surface area (Å²) in [5, 5.41) is 11.9. The van der Waals surface area contributed by atoms with Crippen molar-refractivity contribution in [2.75, 3.05) is 0 Å². The molecule has 9 heteroatoms. The van der Waals surface area contributed by atoms with Gasteiger partial charge >= 0.3 is 0 Å². The largest absolute Gasteiger partial charge is 0.508 e. The number of nitrogens with one attached hydrogen (secondary N) is 1. The molecule has 0 radical (unpaired) electrons. The molecule has 1 saturated heterocycles. The smallest absolute Gasteiger partial charge is 0.286 e. The Balaban J connectivity index is 1.26. The van der Waals surface area contributed by atoms with Gasteiger partial charge in [0.15, 0.2) is 0 Å². The predicted molar refractivity (Wildman–Crippen MR) is 147 cm³/mol. The molecule has 1 unspecified atom stereocenters. The molecule has 1 fully saturated rings. The van der Waals surface area contributed by atoms with Crippen molar-refractivity contribution in [1.29, 1.82) is 0 Å². The highest BCUT2D eigenvalue weighted by Crippen LogP contribution is 2.35. The van der Waals surface area contributed by atoms with Crippen molar-refractivity contribution in [2.24, 2.45) is 7.05 Å². The van der Waals surface area contributed by atoms with Crippen LogP contribution in [0.3, 0.4) is 0 Å². The summed E-state index contributed by atoms with van der Waals surface area (Å²) in [5.41, 5.74) is 3.31. The Bertz CT molecular complexity index is 1520. The minimum atomic E-state index is -0.391. The van der Waals surface area contributed by atoms with E-state index in [4.69, 9.17) is 14.5 Å². The molecule has 38 heavy (non-hydrogen) atoms. The first-order chi connectivity index (χ1) is 18.1. The van der Waals surface area contributed by atoms with Gasteiger partial charge in [-0.15, -0.1) is 0 Å². The van der Waals surface area contributed by atoms with Crippen molar-refractivity contribution < 1.29 is 24.2 Å². The number of hydrogen-bond donors (Lipinski definition) is 2. The molecule has 3 aromatic carbocycles. The van der Waals surface area contributed by atoms with Crippen molar-refractivity contribution in [1.82, 2.24) is 14.9 Å². The molecule has 1 atom stereocenters. The zero-order valence-electron chi connectivity index (χ0n) is 21.6. The number of thioether (sulfide) groups is 1. The van der Waals surface area contributed by atoms with Gasteiger partial charge in [0.1, 0.15) is 35.4 Å². The van der Waals surface area contributed by atoms with E-state index in [0.29, 0.717) is 23.7 Å². The van der Waals surface area contributed by atoms with E-state index in [0.717, 1.165) is 39.7 Å². The number of carbonyl (C=O) groups is 2. The van der Waals surface area contributed by atoms with Crippen LogP contribution < -0.4 is 14.8 Å². The van der Waals surface area contributed by atoms with E-state index in [-0.39, 0.29) is 28.9 Å². The van der Waals surface area contributed by atoms with Crippen LogP contribution in [0.2, 0.25) is 0 Å². The molecule has 2 amide bonds. The molecule has 2 N–H and O–H groups in total. The predicted octanol–water partition coefficient (Wildman–Crippen LogP) is 5.84. The number of nitrogens with zero attached hydrogens (tertiary/aromatic N) is 2. The second-order valence-corrected chi connectivity index (χ2v) is 11.5. The number of aryl methyl sites for hydroxylation is 1. The number of fused-ring (bicyclic) bond motifs is 1. The molecule has 1 aliphatic rings. The van der Waals surface area contributed by atoms with E-state index in [1.165, 1.54) is 0 Å². The van der Waals surface area contributed by atoms with Crippen LogP contribution in [-0.2, 0) is 30.3 Å². The Kier molecular flexibility index (Phi) is 6.79. The third-order valence-corrected chi connectivity index (χ3v) is 7.42. The summed E-state index contributed by atoms with van der Waals surface area (Å²) >= 11 is 1.03. The molecule has 1 aliphatic heterocycles.